The molecule has 4 nitrogen and oxygen atoms in total. The molecule has 0 heterocycles. The number of amides is 1. The summed E-state index contributed by atoms with van der Waals surface area (Å²) >= 11 is 5.96. The number of benzene rings is 2. The molecule has 2 rings (SSSR count). The van der Waals surface area contributed by atoms with Gasteiger partial charge in [0.05, 0.1) is 6.61 Å². The summed E-state index contributed by atoms with van der Waals surface area (Å²) in [6.07, 6.45) is 1.75. The minimum atomic E-state index is -0.524. The largest absolute Gasteiger partial charge is 0.494 e. The van der Waals surface area contributed by atoms with Gasteiger partial charge in [0.15, 0.2) is 6.10 Å². The Morgan fingerprint density at radius 3 is 2.69 bits per heavy atom. The van der Waals surface area contributed by atoms with Crippen LogP contribution in [0.4, 0.5) is 0 Å². The lowest BCUT2D eigenvalue weighted by Crippen LogP contribution is -2.38. The lowest BCUT2D eigenvalue weighted by Gasteiger charge is -2.17. The molecule has 140 valence electrons. The molecule has 1 atom stereocenters. The van der Waals surface area contributed by atoms with Crippen molar-refractivity contribution >= 4 is 17.5 Å². The molecule has 0 fully saturated rings. The molecular weight excluding hydrogens is 350 g/mol. The summed E-state index contributed by atoms with van der Waals surface area (Å²) in [6, 6.07) is 15.1. The minimum absolute atomic E-state index is 0.106. The Hall–Kier alpha value is -2.20. The average Bonchev–Trinajstić information content (AvgIpc) is 2.64. The Labute approximate surface area is 160 Å². The number of halogens is 1. The van der Waals surface area contributed by atoms with E-state index in [1.807, 2.05) is 32.0 Å². The van der Waals surface area contributed by atoms with Crippen molar-refractivity contribution in [3.63, 3.8) is 0 Å². The molecule has 0 bridgehead atoms. The van der Waals surface area contributed by atoms with Crippen LogP contribution in [0, 0.1) is 0 Å². The van der Waals surface area contributed by atoms with Crippen molar-refractivity contribution < 1.29 is 14.3 Å². The Morgan fingerprint density at radius 2 is 1.96 bits per heavy atom. The monoisotopic (exact) mass is 375 g/mol. The third-order valence-corrected chi connectivity index (χ3v) is 4.17. The normalized spacial score (nSPS) is 11.7. The molecule has 0 spiro atoms. The molecule has 0 radical (unpaired) electrons. The van der Waals surface area contributed by atoms with Crippen LogP contribution in [0.1, 0.15) is 32.3 Å². The first-order valence-electron chi connectivity index (χ1n) is 9.04. The van der Waals surface area contributed by atoms with Gasteiger partial charge in [-0.3, -0.25) is 4.79 Å². The first-order valence-corrected chi connectivity index (χ1v) is 9.42. The molecule has 2 aromatic rings. The predicted octanol–water partition coefficient (Wildman–Crippen LogP) is 4.65. The summed E-state index contributed by atoms with van der Waals surface area (Å²) in [6.45, 7) is 5.14. The van der Waals surface area contributed by atoms with Crippen LogP contribution in [0.25, 0.3) is 0 Å². The zero-order chi connectivity index (χ0) is 18.8. The Kier molecular flexibility index (Phi) is 8.29. The van der Waals surface area contributed by atoms with E-state index in [9.17, 15) is 4.79 Å². The lowest BCUT2D eigenvalue weighted by molar-refractivity contribution is -0.128. The molecule has 0 aliphatic carbocycles. The molecule has 5 heteroatoms. The second-order valence-corrected chi connectivity index (χ2v) is 6.34. The van der Waals surface area contributed by atoms with E-state index in [-0.39, 0.29) is 5.91 Å². The topological polar surface area (TPSA) is 47.6 Å². The summed E-state index contributed by atoms with van der Waals surface area (Å²) in [7, 11) is 0. The summed E-state index contributed by atoms with van der Waals surface area (Å²) in [5.41, 5.74) is 1.16. The van der Waals surface area contributed by atoms with Gasteiger partial charge in [0.1, 0.15) is 11.5 Å². The standard InChI is InChI=1S/C21H26ClNO3/c1-3-19(26-18-12-7-11-17(22)15-18)21(24)23-14-8-10-16-9-5-6-13-20(16)25-4-2/h5-7,9,11-13,15,19H,3-4,8,10,14H2,1-2H3,(H,23,24)/t19-/m1/s1. The van der Waals surface area contributed by atoms with E-state index in [0.29, 0.717) is 30.3 Å². The van der Waals surface area contributed by atoms with E-state index in [1.165, 1.54) is 0 Å². The third kappa shape index (κ3) is 6.26. The van der Waals surface area contributed by atoms with Crippen LogP contribution in [0.15, 0.2) is 48.5 Å². The summed E-state index contributed by atoms with van der Waals surface area (Å²) < 4.78 is 11.4. The van der Waals surface area contributed by atoms with Crippen LogP contribution in [0.5, 0.6) is 11.5 Å². The van der Waals surface area contributed by atoms with E-state index < -0.39 is 6.10 Å². The van der Waals surface area contributed by atoms with Gasteiger partial charge in [0, 0.05) is 11.6 Å². The zero-order valence-corrected chi connectivity index (χ0v) is 16.1. The maximum Gasteiger partial charge on any atom is 0.261 e. The van der Waals surface area contributed by atoms with Crippen molar-refractivity contribution in [3.8, 4) is 11.5 Å². The molecular formula is C21H26ClNO3. The van der Waals surface area contributed by atoms with Crippen LogP contribution in [-0.2, 0) is 11.2 Å². The molecule has 0 saturated carbocycles. The van der Waals surface area contributed by atoms with E-state index in [2.05, 4.69) is 11.4 Å². The molecule has 0 aromatic heterocycles. The van der Waals surface area contributed by atoms with Crippen LogP contribution < -0.4 is 14.8 Å². The van der Waals surface area contributed by atoms with Gasteiger partial charge in [-0.15, -0.1) is 0 Å². The molecule has 1 N–H and O–H groups in total. The van der Waals surface area contributed by atoms with Crippen molar-refractivity contribution in [1.29, 1.82) is 0 Å². The van der Waals surface area contributed by atoms with Gasteiger partial charge >= 0.3 is 0 Å². The second-order valence-electron chi connectivity index (χ2n) is 5.91. The Morgan fingerprint density at radius 1 is 1.15 bits per heavy atom. The number of nitrogens with one attached hydrogen (secondary N) is 1. The maximum absolute atomic E-state index is 12.4. The van der Waals surface area contributed by atoms with E-state index >= 15 is 0 Å². The fraction of sp³-hybridized carbons (Fsp3) is 0.381. The zero-order valence-electron chi connectivity index (χ0n) is 15.3. The molecule has 0 aliphatic heterocycles. The molecule has 0 unspecified atom stereocenters. The first-order chi connectivity index (χ1) is 12.6. The van der Waals surface area contributed by atoms with Gasteiger partial charge < -0.3 is 14.8 Å². The highest BCUT2D eigenvalue weighted by molar-refractivity contribution is 6.30. The fourth-order valence-corrected chi connectivity index (χ4v) is 2.82. The van der Waals surface area contributed by atoms with Crippen LogP contribution >= 0.6 is 11.6 Å². The number of carbonyl (C=O) groups is 1. The van der Waals surface area contributed by atoms with Crippen molar-refractivity contribution in [2.75, 3.05) is 13.2 Å². The van der Waals surface area contributed by atoms with Crippen molar-refractivity contribution in [3.05, 3.63) is 59.1 Å². The number of rotatable bonds is 10. The number of hydrogen-bond acceptors (Lipinski definition) is 3. The minimum Gasteiger partial charge on any atom is -0.494 e. The number of hydrogen-bond donors (Lipinski definition) is 1. The maximum atomic E-state index is 12.4. The molecule has 0 aliphatic rings. The lowest BCUT2D eigenvalue weighted by atomic mass is 10.1. The Balaban J connectivity index is 1.80. The van der Waals surface area contributed by atoms with Crippen LogP contribution in [-0.4, -0.2) is 25.2 Å². The Bertz CT molecular complexity index is 705. The van der Waals surface area contributed by atoms with Gasteiger partial charge in [-0.05, 0) is 56.0 Å². The van der Waals surface area contributed by atoms with Crippen molar-refractivity contribution in [1.82, 2.24) is 5.32 Å². The van der Waals surface area contributed by atoms with Gasteiger partial charge in [-0.25, -0.2) is 0 Å². The van der Waals surface area contributed by atoms with Gasteiger partial charge in [-0.2, -0.15) is 0 Å². The van der Waals surface area contributed by atoms with Gasteiger partial charge in [-0.1, -0.05) is 42.8 Å². The first kappa shape index (κ1) is 20.1. The van der Waals surface area contributed by atoms with Gasteiger partial charge in [0.2, 0.25) is 0 Å². The molecule has 26 heavy (non-hydrogen) atoms. The third-order valence-electron chi connectivity index (χ3n) is 3.93. The highest BCUT2D eigenvalue weighted by Crippen LogP contribution is 2.20. The molecule has 2 aromatic carbocycles. The quantitative estimate of drug-likeness (QED) is 0.615. The second kappa shape index (κ2) is 10.7. The van der Waals surface area contributed by atoms with E-state index in [1.54, 1.807) is 24.3 Å². The van der Waals surface area contributed by atoms with E-state index in [0.717, 1.165) is 24.2 Å². The fourth-order valence-electron chi connectivity index (χ4n) is 2.64. The number of aryl methyl sites for hydroxylation is 1. The smallest absolute Gasteiger partial charge is 0.261 e. The van der Waals surface area contributed by atoms with Crippen molar-refractivity contribution in [2.24, 2.45) is 0 Å². The summed E-state index contributed by atoms with van der Waals surface area (Å²) in [5, 5.41) is 3.54. The highest BCUT2D eigenvalue weighted by Gasteiger charge is 2.18. The number of ether oxygens (including phenoxy) is 2. The molecule has 0 saturated heterocycles. The average molecular weight is 376 g/mol. The van der Waals surface area contributed by atoms with Crippen LogP contribution in [0.2, 0.25) is 5.02 Å². The van der Waals surface area contributed by atoms with Crippen molar-refractivity contribution in [2.45, 2.75) is 39.2 Å². The van der Waals surface area contributed by atoms with Crippen LogP contribution in [0.3, 0.4) is 0 Å². The van der Waals surface area contributed by atoms with Gasteiger partial charge in [0.25, 0.3) is 5.91 Å². The highest BCUT2D eigenvalue weighted by atomic mass is 35.5. The SMILES string of the molecule is CCOc1ccccc1CCCNC(=O)[C@@H](CC)Oc1cccc(Cl)c1. The number of carbonyl (C=O) groups excluding carboxylic acids is 1. The van der Waals surface area contributed by atoms with E-state index in [4.69, 9.17) is 21.1 Å². The summed E-state index contributed by atoms with van der Waals surface area (Å²) in [4.78, 5) is 12.4. The number of para-hydroxylation sites is 1. The summed E-state index contributed by atoms with van der Waals surface area (Å²) in [5.74, 6) is 1.41. The molecule has 1 amide bonds. The predicted molar refractivity (Wildman–Crippen MR) is 105 cm³/mol.